The quantitative estimate of drug-likeness (QED) is 0.712. The predicted molar refractivity (Wildman–Crippen MR) is 93.4 cm³/mol. The van der Waals surface area contributed by atoms with Crippen LogP contribution in [0.15, 0.2) is 22.6 Å². The molecule has 0 spiro atoms. The Morgan fingerprint density at radius 1 is 1.20 bits per heavy atom. The molecule has 5 nitrogen and oxygen atoms in total. The Bertz CT molecular complexity index is 944. The van der Waals surface area contributed by atoms with Crippen LogP contribution in [-0.4, -0.2) is 27.6 Å². The fraction of sp³-hybridized carbons (Fsp3) is 0.474. The van der Waals surface area contributed by atoms with E-state index in [1.807, 2.05) is 0 Å². The number of halogens is 1. The molecule has 0 amide bonds. The third-order valence-electron chi connectivity index (χ3n) is 5.48. The Morgan fingerprint density at radius 3 is 3.00 bits per heavy atom. The molecule has 0 N–H and O–H groups in total. The minimum atomic E-state index is -0.285. The molecule has 130 valence electrons. The normalized spacial score (nSPS) is 20.4. The summed E-state index contributed by atoms with van der Waals surface area (Å²) < 4.78 is 21.7. The van der Waals surface area contributed by atoms with Gasteiger partial charge in [0.2, 0.25) is 0 Å². The van der Waals surface area contributed by atoms with Crippen LogP contribution in [0.3, 0.4) is 0 Å². The van der Waals surface area contributed by atoms with Gasteiger partial charge in [-0.1, -0.05) is 0 Å². The Kier molecular flexibility index (Phi) is 3.33. The number of aromatic nitrogens is 3. The molecule has 1 saturated heterocycles. The van der Waals surface area contributed by atoms with Gasteiger partial charge in [-0.3, -0.25) is 0 Å². The van der Waals surface area contributed by atoms with Crippen molar-refractivity contribution in [2.24, 2.45) is 0 Å². The number of hydrogen-bond donors (Lipinski definition) is 0. The maximum Gasteiger partial charge on any atom is 0.298 e. The van der Waals surface area contributed by atoms with Gasteiger partial charge in [0.1, 0.15) is 17.2 Å². The van der Waals surface area contributed by atoms with Gasteiger partial charge in [-0.25, -0.2) is 9.37 Å². The highest BCUT2D eigenvalue weighted by atomic mass is 19.1. The Hall–Kier alpha value is -2.37. The first-order chi connectivity index (χ1) is 12.2. The first-order valence-electron chi connectivity index (χ1n) is 9.06. The molecule has 0 saturated carbocycles. The van der Waals surface area contributed by atoms with E-state index in [-0.39, 0.29) is 5.82 Å². The molecule has 1 aromatic carbocycles. The molecule has 5 rings (SSSR count). The zero-order chi connectivity index (χ0) is 17.0. The summed E-state index contributed by atoms with van der Waals surface area (Å²) in [4.78, 5) is 11.4. The van der Waals surface area contributed by atoms with Gasteiger partial charge in [-0.05, 0) is 51.2 Å². The summed E-state index contributed by atoms with van der Waals surface area (Å²) in [6.07, 6.45) is 5.80. The number of fused-ring (bicyclic) bond motifs is 2. The van der Waals surface area contributed by atoms with Crippen LogP contribution in [0.5, 0.6) is 0 Å². The zero-order valence-corrected chi connectivity index (χ0v) is 14.3. The van der Waals surface area contributed by atoms with E-state index >= 15 is 0 Å². The van der Waals surface area contributed by atoms with E-state index in [1.54, 1.807) is 6.07 Å². The zero-order valence-electron chi connectivity index (χ0n) is 14.3. The van der Waals surface area contributed by atoms with Crippen LogP contribution in [-0.2, 0) is 12.8 Å². The average molecular weight is 340 g/mol. The fourth-order valence-corrected chi connectivity index (χ4v) is 4.33. The van der Waals surface area contributed by atoms with E-state index < -0.39 is 0 Å². The standard InChI is InChI=1S/C19H21FN4O/c1-12-21-15-4-2-3-5-17(15)24(12)14-8-9-23(11-14)19-22-16-10-13(20)6-7-18(16)25-19/h6-7,10,14H,2-5,8-9,11H2,1H3/t14-/m0/s1. The molecule has 1 aliphatic carbocycles. The maximum atomic E-state index is 13.4. The van der Waals surface area contributed by atoms with Crippen LogP contribution in [0.1, 0.15) is 42.5 Å². The molecule has 0 radical (unpaired) electrons. The van der Waals surface area contributed by atoms with Crippen LogP contribution >= 0.6 is 0 Å². The smallest absolute Gasteiger partial charge is 0.298 e. The van der Waals surface area contributed by atoms with Crippen LogP contribution < -0.4 is 4.90 Å². The molecule has 3 aromatic rings. The lowest BCUT2D eigenvalue weighted by atomic mass is 10.0. The van der Waals surface area contributed by atoms with Gasteiger partial charge < -0.3 is 13.9 Å². The molecule has 2 aromatic heterocycles. The molecule has 0 unspecified atom stereocenters. The van der Waals surface area contributed by atoms with Crippen LogP contribution in [0.25, 0.3) is 11.1 Å². The number of rotatable bonds is 2. The summed E-state index contributed by atoms with van der Waals surface area (Å²) >= 11 is 0. The van der Waals surface area contributed by atoms with E-state index in [0.29, 0.717) is 23.2 Å². The second kappa shape index (κ2) is 5.58. The molecule has 1 atom stereocenters. The van der Waals surface area contributed by atoms with Crippen LogP contribution in [0.2, 0.25) is 0 Å². The monoisotopic (exact) mass is 340 g/mol. The van der Waals surface area contributed by atoms with Crippen molar-refractivity contribution in [1.29, 1.82) is 0 Å². The molecular weight excluding hydrogens is 319 g/mol. The van der Waals surface area contributed by atoms with E-state index in [4.69, 9.17) is 9.40 Å². The SMILES string of the molecule is Cc1nc2c(n1[C@H]1CCN(c3nc4cc(F)ccc4o3)C1)CCCC2. The van der Waals surface area contributed by atoms with Gasteiger partial charge in [0, 0.05) is 24.8 Å². The highest BCUT2D eigenvalue weighted by molar-refractivity contribution is 5.74. The van der Waals surface area contributed by atoms with Gasteiger partial charge in [0.15, 0.2) is 5.58 Å². The van der Waals surface area contributed by atoms with Crippen LogP contribution in [0.4, 0.5) is 10.4 Å². The lowest BCUT2D eigenvalue weighted by molar-refractivity contribution is 0.500. The highest BCUT2D eigenvalue weighted by Gasteiger charge is 2.31. The number of aryl methyl sites for hydroxylation is 2. The average Bonchev–Trinajstić information content (AvgIpc) is 3.29. The van der Waals surface area contributed by atoms with Crippen molar-refractivity contribution in [2.45, 2.75) is 45.1 Å². The largest absolute Gasteiger partial charge is 0.423 e. The first-order valence-corrected chi connectivity index (χ1v) is 9.06. The lowest BCUT2D eigenvalue weighted by Gasteiger charge is -2.20. The third-order valence-corrected chi connectivity index (χ3v) is 5.48. The summed E-state index contributed by atoms with van der Waals surface area (Å²) in [6, 6.07) is 5.47. The number of nitrogens with zero attached hydrogens (tertiary/aromatic N) is 4. The van der Waals surface area contributed by atoms with Crippen molar-refractivity contribution in [3.05, 3.63) is 41.2 Å². The van der Waals surface area contributed by atoms with E-state index in [0.717, 1.165) is 38.2 Å². The second-order valence-electron chi connectivity index (χ2n) is 7.13. The van der Waals surface area contributed by atoms with Crippen molar-refractivity contribution in [2.75, 3.05) is 18.0 Å². The number of oxazole rings is 1. The van der Waals surface area contributed by atoms with Gasteiger partial charge >= 0.3 is 0 Å². The minimum absolute atomic E-state index is 0.285. The number of imidazole rings is 1. The molecule has 1 fully saturated rings. The topological polar surface area (TPSA) is 47.1 Å². The molecule has 2 aliphatic rings. The number of hydrogen-bond acceptors (Lipinski definition) is 4. The summed E-state index contributed by atoms with van der Waals surface area (Å²) in [6.45, 7) is 3.87. The minimum Gasteiger partial charge on any atom is -0.423 e. The van der Waals surface area contributed by atoms with E-state index in [1.165, 1.54) is 36.4 Å². The third kappa shape index (κ3) is 2.42. The van der Waals surface area contributed by atoms with Gasteiger partial charge in [0.05, 0.1) is 11.7 Å². The van der Waals surface area contributed by atoms with Crippen molar-refractivity contribution < 1.29 is 8.81 Å². The van der Waals surface area contributed by atoms with Crippen molar-refractivity contribution in [1.82, 2.24) is 14.5 Å². The highest BCUT2D eigenvalue weighted by Crippen LogP contribution is 2.33. The maximum absolute atomic E-state index is 13.4. The van der Waals surface area contributed by atoms with Crippen molar-refractivity contribution >= 4 is 17.1 Å². The van der Waals surface area contributed by atoms with E-state index in [2.05, 4.69) is 21.4 Å². The molecule has 25 heavy (non-hydrogen) atoms. The number of benzene rings is 1. The summed E-state index contributed by atoms with van der Waals surface area (Å²) in [5, 5.41) is 0. The molecule has 0 bridgehead atoms. The van der Waals surface area contributed by atoms with Crippen LogP contribution in [0, 0.1) is 12.7 Å². The van der Waals surface area contributed by atoms with Gasteiger partial charge in [-0.15, -0.1) is 0 Å². The summed E-state index contributed by atoms with van der Waals surface area (Å²) in [5.74, 6) is 0.839. The summed E-state index contributed by atoms with van der Waals surface area (Å²) in [7, 11) is 0. The lowest BCUT2D eigenvalue weighted by Crippen LogP contribution is -2.22. The van der Waals surface area contributed by atoms with Crippen molar-refractivity contribution in [3.8, 4) is 0 Å². The number of anilines is 1. The Balaban J connectivity index is 1.43. The van der Waals surface area contributed by atoms with Crippen molar-refractivity contribution in [3.63, 3.8) is 0 Å². The predicted octanol–water partition coefficient (Wildman–Crippen LogP) is 3.80. The van der Waals surface area contributed by atoms with Gasteiger partial charge in [0.25, 0.3) is 6.01 Å². The molecule has 6 heteroatoms. The Labute approximate surface area is 145 Å². The molecule has 3 heterocycles. The molecule has 1 aliphatic heterocycles. The fourth-order valence-electron chi connectivity index (χ4n) is 4.33. The Morgan fingerprint density at radius 2 is 2.08 bits per heavy atom. The first kappa shape index (κ1) is 14.9. The van der Waals surface area contributed by atoms with Gasteiger partial charge in [-0.2, -0.15) is 4.98 Å². The summed E-state index contributed by atoms with van der Waals surface area (Å²) in [5.41, 5.74) is 3.93. The molecular formula is C19H21FN4O. The van der Waals surface area contributed by atoms with E-state index in [9.17, 15) is 4.39 Å². The second-order valence-corrected chi connectivity index (χ2v) is 7.13.